The zero-order chi connectivity index (χ0) is 21.4. The Bertz CT molecular complexity index is 927. The summed E-state index contributed by atoms with van der Waals surface area (Å²) in [6.45, 7) is 0.801. The molecule has 0 fully saturated rings. The number of amides is 1. The van der Waals surface area contributed by atoms with E-state index in [-0.39, 0.29) is 17.9 Å². The SMILES string of the molecule is CC(=O)Oc1ccc(C(=O)COC(=O)CCC(=O)Nc2cccc(Cl)c2Cl)cc1. The highest BCUT2D eigenvalue weighted by Crippen LogP contribution is 2.29. The second kappa shape index (κ2) is 10.6. The van der Waals surface area contributed by atoms with Gasteiger partial charge in [-0.1, -0.05) is 29.3 Å². The Morgan fingerprint density at radius 1 is 0.966 bits per heavy atom. The lowest BCUT2D eigenvalue weighted by Crippen LogP contribution is -2.17. The van der Waals surface area contributed by atoms with Crippen molar-refractivity contribution < 1.29 is 28.7 Å². The molecule has 0 unspecified atom stereocenters. The summed E-state index contributed by atoms with van der Waals surface area (Å²) in [6, 6.07) is 10.6. The number of esters is 2. The van der Waals surface area contributed by atoms with Gasteiger partial charge in [0.25, 0.3) is 0 Å². The molecule has 0 aliphatic heterocycles. The van der Waals surface area contributed by atoms with Crippen molar-refractivity contribution in [3.63, 3.8) is 0 Å². The number of hydrogen-bond donors (Lipinski definition) is 1. The van der Waals surface area contributed by atoms with E-state index in [9.17, 15) is 19.2 Å². The maximum atomic E-state index is 12.0. The third-order valence-electron chi connectivity index (χ3n) is 3.58. The molecule has 0 aliphatic carbocycles. The van der Waals surface area contributed by atoms with Gasteiger partial charge in [-0.15, -0.1) is 0 Å². The second-order valence-electron chi connectivity index (χ2n) is 5.85. The average Bonchev–Trinajstić information content (AvgIpc) is 2.68. The standard InChI is InChI=1S/C20H17Cl2NO6/c1-12(24)29-14-7-5-13(6-8-14)17(25)11-28-19(27)10-9-18(26)23-16-4-2-3-15(21)20(16)22/h2-8H,9-11H2,1H3,(H,23,26). The van der Waals surface area contributed by atoms with Crippen LogP contribution in [-0.2, 0) is 19.1 Å². The molecule has 152 valence electrons. The minimum absolute atomic E-state index is 0.146. The van der Waals surface area contributed by atoms with Crippen molar-refractivity contribution in [2.45, 2.75) is 19.8 Å². The van der Waals surface area contributed by atoms with E-state index in [0.717, 1.165) is 0 Å². The van der Waals surface area contributed by atoms with E-state index in [1.807, 2.05) is 0 Å². The first kappa shape index (κ1) is 22.4. The molecule has 0 radical (unpaired) electrons. The van der Waals surface area contributed by atoms with Crippen LogP contribution in [0.3, 0.4) is 0 Å². The zero-order valence-corrected chi connectivity index (χ0v) is 16.9. The Balaban J connectivity index is 1.76. The average molecular weight is 438 g/mol. The number of benzene rings is 2. The number of ketones is 1. The Morgan fingerprint density at radius 2 is 1.66 bits per heavy atom. The fourth-order valence-electron chi connectivity index (χ4n) is 2.21. The van der Waals surface area contributed by atoms with Crippen LogP contribution < -0.4 is 10.1 Å². The Hall–Kier alpha value is -2.90. The van der Waals surface area contributed by atoms with Gasteiger partial charge < -0.3 is 14.8 Å². The van der Waals surface area contributed by atoms with Crippen LogP contribution in [0.1, 0.15) is 30.1 Å². The lowest BCUT2D eigenvalue weighted by Gasteiger charge is -2.08. The van der Waals surface area contributed by atoms with Crippen molar-refractivity contribution in [2.24, 2.45) is 0 Å². The molecule has 0 atom stereocenters. The number of nitrogens with one attached hydrogen (secondary N) is 1. The molecule has 29 heavy (non-hydrogen) atoms. The molecule has 1 amide bonds. The van der Waals surface area contributed by atoms with E-state index in [2.05, 4.69) is 5.32 Å². The van der Waals surface area contributed by atoms with Gasteiger partial charge in [-0.25, -0.2) is 0 Å². The lowest BCUT2D eigenvalue weighted by atomic mass is 10.1. The van der Waals surface area contributed by atoms with Gasteiger partial charge in [0.2, 0.25) is 5.91 Å². The van der Waals surface area contributed by atoms with Gasteiger partial charge in [0.1, 0.15) is 5.75 Å². The molecule has 0 spiro atoms. The number of anilines is 1. The van der Waals surface area contributed by atoms with Crippen LogP contribution >= 0.6 is 23.2 Å². The highest BCUT2D eigenvalue weighted by molar-refractivity contribution is 6.44. The fraction of sp³-hybridized carbons (Fsp3) is 0.200. The molecule has 0 aromatic heterocycles. The molecule has 2 rings (SSSR count). The molecule has 2 aromatic rings. The quantitative estimate of drug-likeness (QED) is 0.379. The van der Waals surface area contributed by atoms with Crippen LogP contribution in [0.15, 0.2) is 42.5 Å². The minimum Gasteiger partial charge on any atom is -0.457 e. The van der Waals surface area contributed by atoms with Crippen LogP contribution in [0, 0.1) is 0 Å². The van der Waals surface area contributed by atoms with Gasteiger partial charge in [0.15, 0.2) is 12.4 Å². The van der Waals surface area contributed by atoms with Crippen LogP contribution in [0.25, 0.3) is 0 Å². The molecule has 0 aliphatic rings. The van der Waals surface area contributed by atoms with Crippen molar-refractivity contribution in [3.8, 4) is 5.75 Å². The number of Topliss-reactive ketones (excluding diaryl/α,β-unsaturated/α-hetero) is 1. The zero-order valence-electron chi connectivity index (χ0n) is 15.4. The van der Waals surface area contributed by atoms with Crippen molar-refractivity contribution in [2.75, 3.05) is 11.9 Å². The third-order valence-corrected chi connectivity index (χ3v) is 4.40. The largest absolute Gasteiger partial charge is 0.457 e. The summed E-state index contributed by atoms with van der Waals surface area (Å²) in [4.78, 5) is 46.6. The number of carbonyl (C=O) groups excluding carboxylic acids is 4. The molecular formula is C20H17Cl2NO6. The van der Waals surface area contributed by atoms with Gasteiger partial charge in [-0.05, 0) is 36.4 Å². The third kappa shape index (κ3) is 7.21. The monoisotopic (exact) mass is 437 g/mol. The van der Waals surface area contributed by atoms with Crippen molar-refractivity contribution in [3.05, 3.63) is 58.1 Å². The topological polar surface area (TPSA) is 98.8 Å². The number of ether oxygens (including phenoxy) is 2. The Morgan fingerprint density at radius 3 is 2.31 bits per heavy atom. The normalized spacial score (nSPS) is 10.2. The van der Waals surface area contributed by atoms with E-state index in [1.54, 1.807) is 18.2 Å². The number of hydrogen-bond acceptors (Lipinski definition) is 6. The fourth-order valence-corrected chi connectivity index (χ4v) is 2.55. The van der Waals surface area contributed by atoms with Crippen molar-refractivity contribution >= 4 is 52.5 Å². The van der Waals surface area contributed by atoms with Crippen LogP contribution in [0.2, 0.25) is 10.0 Å². The molecule has 9 heteroatoms. The molecule has 0 heterocycles. The smallest absolute Gasteiger partial charge is 0.308 e. The van der Waals surface area contributed by atoms with Gasteiger partial charge in [-0.2, -0.15) is 0 Å². The number of halogens is 2. The van der Waals surface area contributed by atoms with Gasteiger partial charge in [0.05, 0.1) is 22.2 Å². The maximum absolute atomic E-state index is 12.0. The molecular weight excluding hydrogens is 421 g/mol. The summed E-state index contributed by atoms with van der Waals surface area (Å²) in [7, 11) is 0. The van der Waals surface area contributed by atoms with Crippen molar-refractivity contribution in [1.82, 2.24) is 0 Å². The summed E-state index contributed by atoms with van der Waals surface area (Å²) >= 11 is 11.8. The minimum atomic E-state index is -0.692. The summed E-state index contributed by atoms with van der Waals surface area (Å²) in [6.07, 6.45) is -0.352. The van der Waals surface area contributed by atoms with Crippen LogP contribution in [-0.4, -0.2) is 30.2 Å². The number of rotatable bonds is 8. The van der Waals surface area contributed by atoms with E-state index >= 15 is 0 Å². The highest BCUT2D eigenvalue weighted by atomic mass is 35.5. The summed E-state index contributed by atoms with van der Waals surface area (Å²) in [5.41, 5.74) is 0.631. The van der Waals surface area contributed by atoms with E-state index < -0.39 is 30.2 Å². The predicted molar refractivity (Wildman–Crippen MR) is 107 cm³/mol. The van der Waals surface area contributed by atoms with E-state index in [4.69, 9.17) is 32.7 Å². The summed E-state index contributed by atoms with van der Waals surface area (Å²) < 4.78 is 9.76. The Kier molecular flexibility index (Phi) is 8.18. The van der Waals surface area contributed by atoms with Crippen LogP contribution in [0.4, 0.5) is 5.69 Å². The predicted octanol–water partition coefficient (Wildman–Crippen LogP) is 4.06. The van der Waals surface area contributed by atoms with Gasteiger partial charge >= 0.3 is 11.9 Å². The molecule has 0 saturated heterocycles. The van der Waals surface area contributed by atoms with E-state index in [0.29, 0.717) is 22.0 Å². The van der Waals surface area contributed by atoms with Gasteiger partial charge in [0, 0.05) is 18.9 Å². The lowest BCUT2D eigenvalue weighted by molar-refractivity contribution is -0.143. The molecule has 2 aromatic carbocycles. The molecule has 7 nitrogen and oxygen atoms in total. The first-order chi connectivity index (χ1) is 13.8. The van der Waals surface area contributed by atoms with Crippen LogP contribution in [0.5, 0.6) is 5.75 Å². The maximum Gasteiger partial charge on any atom is 0.308 e. The van der Waals surface area contributed by atoms with Crippen molar-refractivity contribution in [1.29, 1.82) is 0 Å². The highest BCUT2D eigenvalue weighted by Gasteiger charge is 2.13. The Labute approximate surface area is 176 Å². The molecule has 0 saturated carbocycles. The van der Waals surface area contributed by atoms with E-state index in [1.165, 1.54) is 31.2 Å². The van der Waals surface area contributed by atoms with Gasteiger partial charge in [-0.3, -0.25) is 19.2 Å². The summed E-state index contributed by atoms with van der Waals surface area (Å²) in [5.74, 6) is -1.74. The number of carbonyl (C=O) groups is 4. The molecule has 0 bridgehead atoms. The molecule has 1 N–H and O–H groups in total. The summed E-state index contributed by atoms with van der Waals surface area (Å²) in [5, 5.41) is 3.05. The first-order valence-electron chi connectivity index (χ1n) is 8.47. The second-order valence-corrected chi connectivity index (χ2v) is 6.64. The first-order valence-corrected chi connectivity index (χ1v) is 9.23.